The predicted octanol–water partition coefficient (Wildman–Crippen LogP) is 3.07. The molecular weight excluding hydrogens is 257 g/mol. The van der Waals surface area contributed by atoms with Gasteiger partial charge in [-0.1, -0.05) is 29.8 Å². The van der Waals surface area contributed by atoms with Gasteiger partial charge in [-0.2, -0.15) is 18.2 Å². The highest BCUT2D eigenvalue weighted by atomic mass is 19.4. The van der Waals surface area contributed by atoms with Crippen molar-refractivity contribution in [3.05, 3.63) is 51.6 Å². The summed E-state index contributed by atoms with van der Waals surface area (Å²) in [6.45, 7) is 3.04. The van der Waals surface area contributed by atoms with E-state index in [1.54, 1.807) is 12.1 Å². The fourth-order valence-electron chi connectivity index (χ4n) is 1.85. The first kappa shape index (κ1) is 13.3. The molecule has 1 aromatic heterocycles. The number of halogens is 3. The van der Waals surface area contributed by atoms with Gasteiger partial charge >= 0.3 is 11.9 Å². The van der Waals surface area contributed by atoms with Crippen molar-refractivity contribution in [2.75, 3.05) is 0 Å². The first-order chi connectivity index (χ1) is 8.79. The van der Waals surface area contributed by atoms with Gasteiger partial charge in [0.25, 0.3) is 0 Å². The van der Waals surface area contributed by atoms with Crippen molar-refractivity contribution in [3.63, 3.8) is 0 Å². The zero-order valence-electron chi connectivity index (χ0n) is 10.3. The molecule has 0 aliphatic heterocycles. The van der Waals surface area contributed by atoms with E-state index >= 15 is 0 Å². The van der Waals surface area contributed by atoms with Crippen molar-refractivity contribution in [1.29, 1.82) is 0 Å². The number of H-pyrrole nitrogens is 1. The second-order valence-electron chi connectivity index (χ2n) is 4.25. The maximum Gasteiger partial charge on any atom is 0.420 e. The Labute approximate surface area is 107 Å². The SMILES string of the molecule is Cc1ccc(-c2nc(=O)[nH]c(C)c2C(F)(F)F)cc1. The molecule has 1 aromatic carbocycles. The number of rotatable bonds is 1. The van der Waals surface area contributed by atoms with E-state index in [0.29, 0.717) is 0 Å². The van der Waals surface area contributed by atoms with Crippen molar-refractivity contribution in [2.24, 2.45) is 0 Å². The summed E-state index contributed by atoms with van der Waals surface area (Å²) in [5.74, 6) is 0. The van der Waals surface area contributed by atoms with Crippen molar-refractivity contribution in [2.45, 2.75) is 20.0 Å². The van der Waals surface area contributed by atoms with Gasteiger partial charge in [0.1, 0.15) is 5.56 Å². The molecule has 0 saturated heterocycles. The van der Waals surface area contributed by atoms with Crippen molar-refractivity contribution >= 4 is 0 Å². The Hall–Kier alpha value is -2.11. The van der Waals surface area contributed by atoms with E-state index in [0.717, 1.165) is 5.56 Å². The van der Waals surface area contributed by atoms with Crippen LogP contribution in [0.1, 0.15) is 16.8 Å². The monoisotopic (exact) mass is 268 g/mol. The lowest BCUT2D eigenvalue weighted by molar-refractivity contribution is -0.138. The van der Waals surface area contributed by atoms with Crippen LogP contribution in [-0.4, -0.2) is 9.97 Å². The highest BCUT2D eigenvalue weighted by Crippen LogP contribution is 2.36. The van der Waals surface area contributed by atoms with Crippen LogP contribution in [0.4, 0.5) is 13.2 Å². The Bertz CT molecular complexity index is 657. The van der Waals surface area contributed by atoms with Gasteiger partial charge in [0.05, 0.1) is 5.69 Å². The summed E-state index contributed by atoms with van der Waals surface area (Å²) in [5, 5.41) is 0. The molecule has 19 heavy (non-hydrogen) atoms. The van der Waals surface area contributed by atoms with Crippen LogP contribution in [0.3, 0.4) is 0 Å². The lowest BCUT2D eigenvalue weighted by atomic mass is 10.0. The minimum atomic E-state index is -4.57. The molecule has 2 aromatic rings. The molecule has 1 N–H and O–H groups in total. The van der Waals surface area contributed by atoms with Crippen LogP contribution in [0.15, 0.2) is 29.1 Å². The summed E-state index contributed by atoms with van der Waals surface area (Å²) < 4.78 is 39.1. The Morgan fingerprint density at radius 2 is 1.68 bits per heavy atom. The molecule has 100 valence electrons. The Morgan fingerprint density at radius 1 is 1.11 bits per heavy atom. The Morgan fingerprint density at radius 3 is 2.21 bits per heavy atom. The number of benzene rings is 1. The summed E-state index contributed by atoms with van der Waals surface area (Å²) in [5.41, 5.74) is -1.08. The van der Waals surface area contributed by atoms with Gasteiger partial charge in [-0.3, -0.25) is 0 Å². The number of nitrogens with one attached hydrogen (secondary N) is 1. The van der Waals surface area contributed by atoms with Gasteiger partial charge in [-0.15, -0.1) is 0 Å². The maximum absolute atomic E-state index is 13.0. The fraction of sp³-hybridized carbons (Fsp3) is 0.231. The summed E-state index contributed by atoms with van der Waals surface area (Å²) >= 11 is 0. The number of hydrogen-bond donors (Lipinski definition) is 1. The van der Waals surface area contributed by atoms with Crippen LogP contribution in [0, 0.1) is 13.8 Å². The van der Waals surface area contributed by atoms with Crippen molar-refractivity contribution in [3.8, 4) is 11.3 Å². The van der Waals surface area contributed by atoms with E-state index in [4.69, 9.17) is 0 Å². The third kappa shape index (κ3) is 2.67. The van der Waals surface area contributed by atoms with E-state index in [-0.39, 0.29) is 17.0 Å². The average molecular weight is 268 g/mol. The molecule has 3 nitrogen and oxygen atoms in total. The molecule has 6 heteroatoms. The standard InChI is InChI=1S/C13H11F3N2O/c1-7-3-5-9(6-4-7)11-10(13(14,15)16)8(2)17-12(19)18-11/h3-6H,1-2H3,(H,17,18,19). The first-order valence-corrected chi connectivity index (χ1v) is 5.54. The number of nitrogens with zero attached hydrogens (tertiary/aromatic N) is 1. The number of aromatic nitrogens is 2. The molecule has 0 fully saturated rings. The number of aromatic amines is 1. The van der Waals surface area contributed by atoms with E-state index in [9.17, 15) is 18.0 Å². The molecule has 0 radical (unpaired) electrons. The van der Waals surface area contributed by atoms with Crippen LogP contribution in [-0.2, 0) is 6.18 Å². The van der Waals surface area contributed by atoms with Gasteiger partial charge in [0.15, 0.2) is 0 Å². The highest BCUT2D eigenvalue weighted by molar-refractivity contribution is 5.64. The number of alkyl halides is 3. The van der Waals surface area contributed by atoms with E-state index in [2.05, 4.69) is 9.97 Å². The van der Waals surface area contributed by atoms with E-state index < -0.39 is 17.4 Å². The molecule has 0 aliphatic rings. The van der Waals surface area contributed by atoms with Gasteiger partial charge in [0.2, 0.25) is 0 Å². The molecule has 0 atom stereocenters. The van der Waals surface area contributed by atoms with Crippen LogP contribution < -0.4 is 5.69 Å². The zero-order valence-corrected chi connectivity index (χ0v) is 10.3. The third-order valence-electron chi connectivity index (χ3n) is 2.73. The lowest BCUT2D eigenvalue weighted by Gasteiger charge is -2.14. The smallest absolute Gasteiger partial charge is 0.309 e. The molecule has 0 saturated carbocycles. The van der Waals surface area contributed by atoms with E-state index in [1.165, 1.54) is 19.1 Å². The second kappa shape index (κ2) is 4.53. The van der Waals surface area contributed by atoms with Crippen LogP contribution in [0.5, 0.6) is 0 Å². The zero-order chi connectivity index (χ0) is 14.2. The molecule has 0 spiro atoms. The summed E-state index contributed by atoms with van der Waals surface area (Å²) in [4.78, 5) is 16.8. The summed E-state index contributed by atoms with van der Waals surface area (Å²) in [6, 6.07) is 6.39. The number of hydrogen-bond acceptors (Lipinski definition) is 2. The summed E-state index contributed by atoms with van der Waals surface area (Å²) in [6.07, 6.45) is -4.57. The third-order valence-corrected chi connectivity index (χ3v) is 2.73. The quantitative estimate of drug-likeness (QED) is 0.863. The van der Waals surface area contributed by atoms with Crippen LogP contribution >= 0.6 is 0 Å². The molecule has 2 rings (SSSR count). The van der Waals surface area contributed by atoms with Crippen LogP contribution in [0.25, 0.3) is 11.3 Å². The molecule has 0 amide bonds. The van der Waals surface area contributed by atoms with E-state index in [1.807, 2.05) is 6.92 Å². The van der Waals surface area contributed by atoms with Gasteiger partial charge in [-0.25, -0.2) is 4.79 Å². The number of aryl methyl sites for hydroxylation is 2. The first-order valence-electron chi connectivity index (χ1n) is 5.54. The predicted molar refractivity (Wildman–Crippen MR) is 64.8 cm³/mol. The van der Waals surface area contributed by atoms with Crippen molar-refractivity contribution < 1.29 is 13.2 Å². The van der Waals surface area contributed by atoms with Gasteiger partial charge in [-0.05, 0) is 13.8 Å². The topological polar surface area (TPSA) is 45.8 Å². The minimum absolute atomic E-state index is 0.233. The Balaban J connectivity index is 2.75. The van der Waals surface area contributed by atoms with Crippen molar-refractivity contribution in [1.82, 2.24) is 9.97 Å². The molecule has 0 aliphatic carbocycles. The second-order valence-corrected chi connectivity index (χ2v) is 4.25. The lowest BCUT2D eigenvalue weighted by Crippen LogP contribution is -2.20. The fourth-order valence-corrected chi connectivity index (χ4v) is 1.85. The average Bonchev–Trinajstić information content (AvgIpc) is 2.26. The largest absolute Gasteiger partial charge is 0.420 e. The van der Waals surface area contributed by atoms with Gasteiger partial charge < -0.3 is 4.98 Å². The highest BCUT2D eigenvalue weighted by Gasteiger charge is 2.37. The Kier molecular flexibility index (Phi) is 3.18. The van der Waals surface area contributed by atoms with Crippen LogP contribution in [0.2, 0.25) is 0 Å². The normalized spacial score (nSPS) is 11.6. The van der Waals surface area contributed by atoms with Gasteiger partial charge in [0, 0.05) is 11.3 Å². The minimum Gasteiger partial charge on any atom is -0.309 e. The molecule has 0 bridgehead atoms. The molecule has 1 heterocycles. The molecular formula is C13H11F3N2O. The molecule has 0 unspecified atom stereocenters. The maximum atomic E-state index is 13.0. The summed E-state index contributed by atoms with van der Waals surface area (Å²) in [7, 11) is 0.